The van der Waals surface area contributed by atoms with Crippen molar-refractivity contribution >= 4 is 5.91 Å². The second-order valence-electron chi connectivity index (χ2n) is 6.47. The van der Waals surface area contributed by atoms with Crippen LogP contribution < -0.4 is 5.73 Å². The topological polar surface area (TPSA) is 46.3 Å². The molecule has 0 bridgehead atoms. The summed E-state index contributed by atoms with van der Waals surface area (Å²) in [4.78, 5) is 15.0. The van der Waals surface area contributed by atoms with E-state index in [4.69, 9.17) is 5.73 Å². The van der Waals surface area contributed by atoms with Crippen molar-refractivity contribution in [1.82, 2.24) is 4.90 Å². The highest BCUT2D eigenvalue weighted by molar-refractivity contribution is 5.80. The van der Waals surface area contributed by atoms with Gasteiger partial charge in [0.2, 0.25) is 5.91 Å². The number of nitrogens with zero attached hydrogens (tertiary/aromatic N) is 1. The van der Waals surface area contributed by atoms with Gasteiger partial charge in [-0.05, 0) is 56.9 Å². The molecule has 0 radical (unpaired) electrons. The molecule has 1 unspecified atom stereocenters. The average molecular weight is 250 g/mol. The van der Waals surface area contributed by atoms with Crippen molar-refractivity contribution < 1.29 is 4.79 Å². The average Bonchev–Trinajstić information content (AvgIpc) is 2.93. The lowest BCUT2D eigenvalue weighted by Crippen LogP contribution is -2.46. The Bertz CT molecular complexity index is 314. The lowest BCUT2D eigenvalue weighted by atomic mass is 9.78. The van der Waals surface area contributed by atoms with Crippen molar-refractivity contribution in [1.29, 1.82) is 0 Å². The zero-order valence-electron chi connectivity index (χ0n) is 11.3. The van der Waals surface area contributed by atoms with Crippen LogP contribution in [0.4, 0.5) is 0 Å². The fourth-order valence-electron chi connectivity index (χ4n) is 4.24. The monoisotopic (exact) mass is 250 g/mol. The quantitative estimate of drug-likeness (QED) is 0.834. The van der Waals surface area contributed by atoms with E-state index in [0.29, 0.717) is 24.4 Å². The van der Waals surface area contributed by atoms with E-state index >= 15 is 0 Å². The van der Waals surface area contributed by atoms with Crippen molar-refractivity contribution in [3.05, 3.63) is 0 Å². The van der Waals surface area contributed by atoms with Gasteiger partial charge < -0.3 is 10.6 Å². The van der Waals surface area contributed by atoms with Crippen LogP contribution in [0.3, 0.4) is 0 Å². The first-order valence-electron chi connectivity index (χ1n) is 7.82. The van der Waals surface area contributed by atoms with Gasteiger partial charge in [-0.2, -0.15) is 0 Å². The Morgan fingerprint density at radius 2 is 1.83 bits per heavy atom. The minimum absolute atomic E-state index is 0.246. The molecule has 3 heteroatoms. The van der Waals surface area contributed by atoms with Crippen LogP contribution in [-0.2, 0) is 4.79 Å². The van der Waals surface area contributed by atoms with Crippen LogP contribution in [0, 0.1) is 17.8 Å². The van der Waals surface area contributed by atoms with Crippen molar-refractivity contribution in [2.24, 2.45) is 23.5 Å². The first kappa shape index (κ1) is 12.5. The van der Waals surface area contributed by atoms with E-state index in [-0.39, 0.29) is 5.92 Å². The van der Waals surface area contributed by atoms with Gasteiger partial charge in [-0.15, -0.1) is 0 Å². The minimum Gasteiger partial charge on any atom is -0.339 e. The fraction of sp³-hybridized carbons (Fsp3) is 0.933. The van der Waals surface area contributed by atoms with Gasteiger partial charge >= 0.3 is 0 Å². The third-order valence-corrected chi connectivity index (χ3v) is 5.56. The SMILES string of the molecule is NC[C@H]1CCC[C@H]1C(=O)N1CCCC1C1CCC1. The molecule has 3 atom stereocenters. The molecule has 1 amide bonds. The van der Waals surface area contributed by atoms with Gasteiger partial charge in [0, 0.05) is 18.5 Å². The first-order chi connectivity index (χ1) is 8.81. The number of rotatable bonds is 3. The smallest absolute Gasteiger partial charge is 0.226 e. The molecule has 3 fully saturated rings. The summed E-state index contributed by atoms with van der Waals surface area (Å²) in [6, 6.07) is 0.574. The molecule has 2 N–H and O–H groups in total. The molecule has 3 nitrogen and oxygen atoms in total. The maximum absolute atomic E-state index is 12.7. The lowest BCUT2D eigenvalue weighted by Gasteiger charge is -2.38. The van der Waals surface area contributed by atoms with Crippen LogP contribution in [0.5, 0.6) is 0 Å². The van der Waals surface area contributed by atoms with Crippen LogP contribution in [0.1, 0.15) is 51.4 Å². The molecule has 2 aliphatic carbocycles. The molecule has 3 aliphatic rings. The maximum atomic E-state index is 12.7. The Hall–Kier alpha value is -0.570. The third-order valence-electron chi connectivity index (χ3n) is 5.56. The van der Waals surface area contributed by atoms with E-state index in [1.807, 2.05) is 0 Å². The molecule has 102 valence electrons. The molecule has 1 aliphatic heterocycles. The predicted molar refractivity (Wildman–Crippen MR) is 72.0 cm³/mol. The molecular weight excluding hydrogens is 224 g/mol. The lowest BCUT2D eigenvalue weighted by molar-refractivity contribution is -0.139. The Morgan fingerprint density at radius 3 is 2.50 bits per heavy atom. The number of carbonyl (C=O) groups is 1. The van der Waals surface area contributed by atoms with Crippen molar-refractivity contribution in [3.63, 3.8) is 0 Å². The number of amides is 1. The Balaban J connectivity index is 1.67. The first-order valence-corrected chi connectivity index (χ1v) is 7.82. The van der Waals surface area contributed by atoms with Gasteiger partial charge in [-0.25, -0.2) is 0 Å². The van der Waals surface area contributed by atoms with E-state index < -0.39 is 0 Å². The summed E-state index contributed by atoms with van der Waals surface area (Å²) < 4.78 is 0. The highest BCUT2D eigenvalue weighted by Crippen LogP contribution is 2.40. The van der Waals surface area contributed by atoms with Gasteiger partial charge in [0.05, 0.1) is 0 Å². The number of hydrogen-bond acceptors (Lipinski definition) is 2. The molecule has 1 saturated heterocycles. The minimum atomic E-state index is 0.246. The summed E-state index contributed by atoms with van der Waals surface area (Å²) in [5, 5.41) is 0. The maximum Gasteiger partial charge on any atom is 0.226 e. The van der Waals surface area contributed by atoms with Gasteiger partial charge in [0.25, 0.3) is 0 Å². The zero-order valence-corrected chi connectivity index (χ0v) is 11.3. The molecule has 0 aromatic rings. The van der Waals surface area contributed by atoms with E-state index in [9.17, 15) is 4.79 Å². The molecule has 1 heterocycles. The van der Waals surface area contributed by atoms with E-state index in [2.05, 4.69) is 4.90 Å². The summed E-state index contributed by atoms with van der Waals surface area (Å²) >= 11 is 0. The van der Waals surface area contributed by atoms with Crippen LogP contribution >= 0.6 is 0 Å². The second-order valence-corrected chi connectivity index (χ2v) is 6.47. The molecule has 2 saturated carbocycles. The number of nitrogens with two attached hydrogens (primary N) is 1. The molecule has 3 rings (SSSR count). The number of carbonyl (C=O) groups excluding carboxylic acids is 1. The van der Waals surface area contributed by atoms with Gasteiger partial charge in [-0.1, -0.05) is 12.8 Å². The van der Waals surface area contributed by atoms with Crippen molar-refractivity contribution in [3.8, 4) is 0 Å². The van der Waals surface area contributed by atoms with Crippen LogP contribution in [0.15, 0.2) is 0 Å². The van der Waals surface area contributed by atoms with Gasteiger partial charge in [0.15, 0.2) is 0 Å². The van der Waals surface area contributed by atoms with Crippen LogP contribution in [0.2, 0.25) is 0 Å². The third kappa shape index (κ3) is 2.07. The summed E-state index contributed by atoms with van der Waals surface area (Å²) in [6.07, 6.45) is 9.96. The molecule has 18 heavy (non-hydrogen) atoms. The number of hydrogen-bond donors (Lipinski definition) is 1. The molecule has 0 aromatic carbocycles. The van der Waals surface area contributed by atoms with E-state index in [1.54, 1.807) is 0 Å². The van der Waals surface area contributed by atoms with Crippen molar-refractivity contribution in [2.45, 2.75) is 57.4 Å². The summed E-state index contributed by atoms with van der Waals surface area (Å²) in [6.45, 7) is 1.70. The standard InChI is InChI=1S/C15H26N2O/c16-10-12-6-2-7-13(12)15(18)17-9-3-8-14(17)11-4-1-5-11/h11-14H,1-10,16H2/t12-,13-,14?/m1/s1. The second kappa shape index (κ2) is 5.20. The van der Waals surface area contributed by atoms with Gasteiger partial charge in [0.1, 0.15) is 0 Å². The Morgan fingerprint density at radius 1 is 1.06 bits per heavy atom. The fourth-order valence-corrected chi connectivity index (χ4v) is 4.24. The van der Waals surface area contributed by atoms with E-state index in [0.717, 1.165) is 25.3 Å². The largest absolute Gasteiger partial charge is 0.339 e. The van der Waals surface area contributed by atoms with Crippen LogP contribution in [-0.4, -0.2) is 29.9 Å². The molecular formula is C15H26N2O. The van der Waals surface area contributed by atoms with Crippen molar-refractivity contribution in [2.75, 3.05) is 13.1 Å². The predicted octanol–water partition coefficient (Wildman–Crippen LogP) is 2.15. The number of likely N-dealkylation sites (tertiary alicyclic amines) is 1. The van der Waals surface area contributed by atoms with Gasteiger partial charge in [-0.3, -0.25) is 4.79 Å². The highest BCUT2D eigenvalue weighted by atomic mass is 16.2. The molecule has 0 spiro atoms. The summed E-state index contributed by atoms with van der Waals surface area (Å²) in [5.74, 6) is 1.96. The van der Waals surface area contributed by atoms with Crippen LogP contribution in [0.25, 0.3) is 0 Å². The van der Waals surface area contributed by atoms with E-state index in [1.165, 1.54) is 38.5 Å². The Labute approximate surface area is 110 Å². The molecule has 0 aromatic heterocycles. The summed E-state index contributed by atoms with van der Waals surface area (Å²) in [7, 11) is 0. The Kier molecular flexibility index (Phi) is 3.60. The highest BCUT2D eigenvalue weighted by Gasteiger charge is 2.42. The normalized spacial score (nSPS) is 36.9. The summed E-state index contributed by atoms with van der Waals surface area (Å²) in [5.41, 5.74) is 5.82. The zero-order chi connectivity index (χ0) is 12.5.